The summed E-state index contributed by atoms with van der Waals surface area (Å²) in [4.78, 5) is 0. The maximum absolute atomic E-state index is 5.58. The van der Waals surface area contributed by atoms with Crippen LogP contribution in [0.25, 0.3) is 11.5 Å². The lowest BCUT2D eigenvalue weighted by molar-refractivity contribution is 0.431. The molecule has 0 atom stereocenters. The summed E-state index contributed by atoms with van der Waals surface area (Å²) in [6.45, 7) is 0. The molecule has 2 rings (SSSR count). The SMILES string of the molecule is Nc1cnoc1-c1[nH]ncc1Br. The quantitative estimate of drug-likeness (QED) is 0.774. The van der Waals surface area contributed by atoms with Crippen molar-refractivity contribution in [3.05, 3.63) is 16.9 Å². The number of rotatable bonds is 1. The lowest BCUT2D eigenvalue weighted by Crippen LogP contribution is -1.85. The Morgan fingerprint density at radius 1 is 1.50 bits per heavy atom. The van der Waals surface area contributed by atoms with Crippen molar-refractivity contribution in [1.29, 1.82) is 0 Å². The summed E-state index contributed by atoms with van der Waals surface area (Å²) in [5.41, 5.74) is 6.76. The van der Waals surface area contributed by atoms with Gasteiger partial charge in [0, 0.05) is 0 Å². The molecule has 2 aromatic rings. The molecule has 0 amide bonds. The molecule has 0 aliphatic heterocycles. The zero-order chi connectivity index (χ0) is 8.55. The second kappa shape index (κ2) is 2.63. The first kappa shape index (κ1) is 7.35. The van der Waals surface area contributed by atoms with Crippen molar-refractivity contribution in [3.63, 3.8) is 0 Å². The molecule has 0 unspecified atom stereocenters. The summed E-state index contributed by atoms with van der Waals surface area (Å²) >= 11 is 3.28. The molecule has 62 valence electrons. The molecule has 0 radical (unpaired) electrons. The molecule has 0 aromatic carbocycles. The van der Waals surface area contributed by atoms with Crippen LogP contribution in [0.15, 0.2) is 21.4 Å². The van der Waals surface area contributed by atoms with Crippen molar-refractivity contribution in [2.75, 3.05) is 5.73 Å². The Balaban J connectivity index is 2.57. The van der Waals surface area contributed by atoms with Gasteiger partial charge in [-0.15, -0.1) is 0 Å². The van der Waals surface area contributed by atoms with Crippen LogP contribution < -0.4 is 5.73 Å². The van der Waals surface area contributed by atoms with E-state index in [1.165, 1.54) is 6.20 Å². The van der Waals surface area contributed by atoms with Crippen LogP contribution >= 0.6 is 15.9 Å². The Kier molecular flexibility index (Phi) is 1.61. The van der Waals surface area contributed by atoms with Gasteiger partial charge in [-0.3, -0.25) is 5.10 Å². The van der Waals surface area contributed by atoms with Crippen LogP contribution in [0.1, 0.15) is 0 Å². The molecule has 0 aliphatic carbocycles. The van der Waals surface area contributed by atoms with E-state index in [9.17, 15) is 0 Å². The molecule has 0 saturated heterocycles. The van der Waals surface area contributed by atoms with Gasteiger partial charge in [0.2, 0.25) is 5.76 Å². The maximum atomic E-state index is 5.58. The summed E-state index contributed by atoms with van der Waals surface area (Å²) < 4.78 is 5.71. The molecule has 0 aliphatic rings. The topological polar surface area (TPSA) is 80.7 Å². The van der Waals surface area contributed by atoms with E-state index < -0.39 is 0 Å². The van der Waals surface area contributed by atoms with E-state index in [2.05, 4.69) is 31.3 Å². The number of nitrogens with two attached hydrogens (primary N) is 1. The summed E-state index contributed by atoms with van der Waals surface area (Å²) in [5.74, 6) is 0.499. The van der Waals surface area contributed by atoms with Crippen molar-refractivity contribution >= 4 is 21.6 Å². The number of hydrogen-bond donors (Lipinski definition) is 2. The second-order valence-corrected chi connectivity index (χ2v) is 3.06. The minimum Gasteiger partial charge on any atom is -0.394 e. The number of halogens is 1. The molecular weight excluding hydrogens is 224 g/mol. The maximum Gasteiger partial charge on any atom is 0.208 e. The zero-order valence-electron chi connectivity index (χ0n) is 5.91. The standard InChI is InChI=1S/C6H5BrN4O/c7-3-1-9-11-5(3)6-4(8)2-10-12-6/h1-2H,8H2,(H,9,11). The number of hydrogen-bond acceptors (Lipinski definition) is 4. The Labute approximate surface area is 76.1 Å². The van der Waals surface area contributed by atoms with Gasteiger partial charge in [0.25, 0.3) is 0 Å². The van der Waals surface area contributed by atoms with Crippen molar-refractivity contribution in [1.82, 2.24) is 15.4 Å². The minimum atomic E-state index is 0.486. The van der Waals surface area contributed by atoms with Crippen LogP contribution in [0.5, 0.6) is 0 Å². The Hall–Kier alpha value is -1.30. The molecule has 3 N–H and O–H groups in total. The first-order chi connectivity index (χ1) is 5.79. The van der Waals surface area contributed by atoms with Gasteiger partial charge in [-0.1, -0.05) is 5.16 Å². The molecule has 2 heterocycles. The largest absolute Gasteiger partial charge is 0.394 e. The summed E-state index contributed by atoms with van der Waals surface area (Å²) in [6, 6.07) is 0. The first-order valence-corrected chi connectivity index (χ1v) is 3.97. The minimum absolute atomic E-state index is 0.486. The van der Waals surface area contributed by atoms with Gasteiger partial charge >= 0.3 is 0 Å². The molecule has 0 fully saturated rings. The van der Waals surface area contributed by atoms with Crippen molar-refractivity contribution in [3.8, 4) is 11.5 Å². The van der Waals surface area contributed by atoms with Gasteiger partial charge in [0.1, 0.15) is 11.4 Å². The van der Waals surface area contributed by atoms with Gasteiger partial charge in [0.05, 0.1) is 16.9 Å². The monoisotopic (exact) mass is 228 g/mol. The number of aromatic amines is 1. The number of anilines is 1. The van der Waals surface area contributed by atoms with Crippen molar-refractivity contribution in [2.45, 2.75) is 0 Å². The van der Waals surface area contributed by atoms with Crippen LogP contribution in [0, 0.1) is 0 Å². The summed E-state index contributed by atoms with van der Waals surface area (Å²) in [7, 11) is 0. The Bertz CT molecular complexity index is 355. The Morgan fingerprint density at radius 3 is 2.83 bits per heavy atom. The predicted molar refractivity (Wildman–Crippen MR) is 46.2 cm³/mol. The van der Waals surface area contributed by atoms with E-state index in [-0.39, 0.29) is 0 Å². The molecule has 5 nitrogen and oxygen atoms in total. The number of nitrogens with zero attached hydrogens (tertiary/aromatic N) is 2. The van der Waals surface area contributed by atoms with Gasteiger partial charge in [-0.05, 0) is 15.9 Å². The fourth-order valence-corrected chi connectivity index (χ4v) is 1.24. The lowest BCUT2D eigenvalue weighted by Gasteiger charge is -1.91. The number of H-pyrrole nitrogens is 1. The van der Waals surface area contributed by atoms with Gasteiger partial charge < -0.3 is 10.3 Å². The van der Waals surface area contributed by atoms with Crippen molar-refractivity contribution < 1.29 is 4.52 Å². The fraction of sp³-hybridized carbons (Fsp3) is 0. The molecular formula is C6H5BrN4O. The average Bonchev–Trinajstić information content (AvgIpc) is 2.59. The van der Waals surface area contributed by atoms with Crippen LogP contribution in [-0.4, -0.2) is 15.4 Å². The third-order valence-corrected chi connectivity index (χ3v) is 2.02. The molecule has 0 saturated carbocycles. The highest BCUT2D eigenvalue weighted by Gasteiger charge is 2.12. The smallest absolute Gasteiger partial charge is 0.208 e. The highest BCUT2D eigenvalue weighted by Crippen LogP contribution is 2.29. The highest BCUT2D eigenvalue weighted by molar-refractivity contribution is 9.10. The normalized spacial score (nSPS) is 10.4. The third-order valence-electron chi connectivity index (χ3n) is 1.42. The average molecular weight is 229 g/mol. The van der Waals surface area contributed by atoms with Gasteiger partial charge in [-0.2, -0.15) is 5.10 Å². The van der Waals surface area contributed by atoms with E-state index in [0.29, 0.717) is 17.1 Å². The zero-order valence-corrected chi connectivity index (χ0v) is 7.50. The van der Waals surface area contributed by atoms with E-state index in [1.807, 2.05) is 0 Å². The van der Waals surface area contributed by atoms with E-state index >= 15 is 0 Å². The fourth-order valence-electron chi connectivity index (χ4n) is 0.868. The van der Waals surface area contributed by atoms with Crippen molar-refractivity contribution in [2.24, 2.45) is 0 Å². The number of nitrogen functional groups attached to an aromatic ring is 1. The first-order valence-electron chi connectivity index (χ1n) is 3.18. The number of aromatic nitrogens is 3. The summed E-state index contributed by atoms with van der Waals surface area (Å²) in [5, 5.41) is 10.1. The molecule has 0 spiro atoms. The second-order valence-electron chi connectivity index (χ2n) is 2.20. The van der Waals surface area contributed by atoms with Crippen LogP contribution in [0.3, 0.4) is 0 Å². The Morgan fingerprint density at radius 2 is 2.33 bits per heavy atom. The van der Waals surface area contributed by atoms with E-state index in [1.54, 1.807) is 6.20 Å². The third kappa shape index (κ3) is 1.00. The predicted octanol–water partition coefficient (Wildman–Crippen LogP) is 1.41. The van der Waals surface area contributed by atoms with Gasteiger partial charge in [-0.25, -0.2) is 0 Å². The molecule has 2 aromatic heterocycles. The van der Waals surface area contributed by atoms with Gasteiger partial charge in [0.15, 0.2) is 0 Å². The molecule has 0 bridgehead atoms. The van der Waals surface area contributed by atoms with Crippen LogP contribution in [0.2, 0.25) is 0 Å². The van der Waals surface area contributed by atoms with Crippen LogP contribution in [0.4, 0.5) is 5.69 Å². The lowest BCUT2D eigenvalue weighted by atomic mass is 10.3. The van der Waals surface area contributed by atoms with E-state index in [0.717, 1.165) is 4.47 Å². The highest BCUT2D eigenvalue weighted by atomic mass is 79.9. The van der Waals surface area contributed by atoms with E-state index in [4.69, 9.17) is 10.3 Å². The van der Waals surface area contributed by atoms with Crippen LogP contribution in [-0.2, 0) is 0 Å². The number of nitrogens with one attached hydrogen (secondary N) is 1. The molecule has 6 heteroatoms. The molecule has 12 heavy (non-hydrogen) atoms. The summed E-state index contributed by atoms with van der Waals surface area (Å²) in [6.07, 6.45) is 3.07.